The monoisotopic (exact) mass is 300 g/mol. The molecule has 5 nitrogen and oxygen atoms in total. The van der Waals surface area contributed by atoms with Gasteiger partial charge in [-0.3, -0.25) is 0 Å². The third kappa shape index (κ3) is 3.46. The van der Waals surface area contributed by atoms with Gasteiger partial charge in [0, 0.05) is 5.69 Å². The molecule has 2 aromatic heterocycles. The molecular formula is C15H16N4OS. The Morgan fingerprint density at radius 2 is 1.76 bits per heavy atom. The van der Waals surface area contributed by atoms with Crippen LogP contribution in [0.3, 0.4) is 0 Å². The Balaban J connectivity index is 1.60. The van der Waals surface area contributed by atoms with Crippen molar-refractivity contribution in [2.24, 2.45) is 0 Å². The van der Waals surface area contributed by atoms with Gasteiger partial charge in [-0.15, -0.1) is 0 Å². The lowest BCUT2D eigenvalue weighted by atomic mass is 10.3. The highest BCUT2D eigenvalue weighted by atomic mass is 32.2. The van der Waals surface area contributed by atoms with Crippen molar-refractivity contribution in [2.45, 2.75) is 12.3 Å². The van der Waals surface area contributed by atoms with Crippen molar-refractivity contribution in [3.8, 4) is 5.69 Å². The molecule has 0 aliphatic heterocycles. The number of nitrogens with one attached hydrogen (secondary N) is 1. The summed E-state index contributed by atoms with van der Waals surface area (Å²) in [5, 5.41) is 11.5. The van der Waals surface area contributed by atoms with E-state index in [2.05, 4.69) is 21.8 Å². The summed E-state index contributed by atoms with van der Waals surface area (Å²) in [5.74, 6) is 2.86. The van der Waals surface area contributed by atoms with Gasteiger partial charge in [0.15, 0.2) is 0 Å². The van der Waals surface area contributed by atoms with E-state index >= 15 is 0 Å². The topological polar surface area (TPSA) is 55.9 Å². The maximum atomic E-state index is 5.72. The van der Waals surface area contributed by atoms with Gasteiger partial charge in [0.2, 0.25) is 0 Å². The van der Waals surface area contributed by atoms with Crippen molar-refractivity contribution in [1.29, 1.82) is 0 Å². The molecule has 3 rings (SSSR count). The van der Waals surface area contributed by atoms with Gasteiger partial charge in [-0.1, -0.05) is 0 Å². The number of rotatable bonds is 6. The van der Waals surface area contributed by atoms with Gasteiger partial charge in [0.25, 0.3) is 0 Å². The minimum absolute atomic E-state index is 0.674. The second kappa shape index (κ2) is 6.49. The summed E-state index contributed by atoms with van der Waals surface area (Å²) in [7, 11) is 0. The molecule has 0 atom stereocenters. The van der Waals surface area contributed by atoms with Crippen LogP contribution in [0, 0.1) is 0 Å². The molecule has 1 aromatic carbocycles. The molecule has 1 N–H and O–H groups in total. The van der Waals surface area contributed by atoms with Crippen LogP contribution in [0.25, 0.3) is 5.69 Å². The van der Waals surface area contributed by atoms with Gasteiger partial charge in [0.05, 0.1) is 30.4 Å². The summed E-state index contributed by atoms with van der Waals surface area (Å²) in [6.07, 6.45) is 5.39. The van der Waals surface area contributed by atoms with Crippen LogP contribution in [0.15, 0.2) is 53.2 Å². The first-order valence-corrected chi connectivity index (χ1v) is 8.02. The number of furan rings is 1. The van der Waals surface area contributed by atoms with Gasteiger partial charge >= 0.3 is 0 Å². The van der Waals surface area contributed by atoms with Crippen LogP contribution in [0.4, 0.5) is 5.69 Å². The number of hydrogen-bond donors (Lipinski definition) is 1. The third-order valence-corrected chi connectivity index (χ3v) is 3.56. The molecule has 0 aliphatic carbocycles. The fourth-order valence-electron chi connectivity index (χ4n) is 1.99. The molecule has 0 bridgehead atoms. The summed E-state index contributed by atoms with van der Waals surface area (Å²) in [6, 6.07) is 12.0. The number of benzene rings is 1. The lowest BCUT2D eigenvalue weighted by molar-refractivity contribution is 0.487. The minimum atomic E-state index is 0.674. The number of anilines is 1. The van der Waals surface area contributed by atoms with Crippen LogP contribution < -0.4 is 5.32 Å². The molecule has 6 heteroatoms. The van der Waals surface area contributed by atoms with Gasteiger partial charge in [-0.2, -0.15) is 26.8 Å². The van der Waals surface area contributed by atoms with Crippen molar-refractivity contribution < 1.29 is 4.42 Å². The van der Waals surface area contributed by atoms with E-state index in [9.17, 15) is 0 Å². The van der Waals surface area contributed by atoms with Crippen molar-refractivity contribution in [3.05, 3.63) is 60.3 Å². The van der Waals surface area contributed by atoms with E-state index in [4.69, 9.17) is 4.42 Å². The van der Waals surface area contributed by atoms with Crippen LogP contribution in [-0.4, -0.2) is 21.2 Å². The zero-order chi connectivity index (χ0) is 14.5. The van der Waals surface area contributed by atoms with Crippen molar-refractivity contribution in [2.75, 3.05) is 11.6 Å². The van der Waals surface area contributed by atoms with Gasteiger partial charge < -0.3 is 9.73 Å². The van der Waals surface area contributed by atoms with Gasteiger partial charge in [0.1, 0.15) is 11.5 Å². The maximum absolute atomic E-state index is 5.72. The quantitative estimate of drug-likeness (QED) is 0.756. The molecule has 3 aromatic rings. The van der Waals surface area contributed by atoms with E-state index in [1.165, 1.54) is 0 Å². The first kappa shape index (κ1) is 13.8. The lowest BCUT2D eigenvalue weighted by Crippen LogP contribution is -2.00. The molecule has 0 saturated carbocycles. The number of aromatic nitrogens is 3. The predicted molar refractivity (Wildman–Crippen MR) is 84.6 cm³/mol. The molecule has 0 spiro atoms. The minimum Gasteiger partial charge on any atom is -0.463 e. The van der Waals surface area contributed by atoms with Crippen LogP contribution in [0.2, 0.25) is 0 Å². The van der Waals surface area contributed by atoms with Gasteiger partial charge in [-0.05, 0) is 42.7 Å². The molecule has 0 radical (unpaired) electrons. The fraction of sp³-hybridized carbons (Fsp3) is 0.200. The summed E-state index contributed by atoms with van der Waals surface area (Å²) in [6.45, 7) is 0.674. The highest BCUT2D eigenvalue weighted by Crippen LogP contribution is 2.16. The highest BCUT2D eigenvalue weighted by molar-refractivity contribution is 7.97. The maximum Gasteiger partial charge on any atom is 0.123 e. The summed E-state index contributed by atoms with van der Waals surface area (Å²) in [4.78, 5) is 1.59. The Morgan fingerprint density at radius 1 is 1.05 bits per heavy atom. The molecule has 0 unspecified atom stereocenters. The Bertz CT molecular complexity index is 676. The Labute approximate surface area is 127 Å². The fourth-order valence-corrected chi connectivity index (χ4v) is 2.43. The van der Waals surface area contributed by atoms with Crippen LogP contribution in [0.5, 0.6) is 0 Å². The average Bonchev–Trinajstić information content (AvgIpc) is 3.18. The van der Waals surface area contributed by atoms with E-state index in [-0.39, 0.29) is 0 Å². The molecule has 0 amide bonds. The molecule has 108 valence electrons. The van der Waals surface area contributed by atoms with Crippen molar-refractivity contribution in [1.82, 2.24) is 15.0 Å². The zero-order valence-electron chi connectivity index (χ0n) is 11.7. The first-order valence-electron chi connectivity index (χ1n) is 6.62. The second-order valence-electron chi connectivity index (χ2n) is 4.52. The summed E-state index contributed by atoms with van der Waals surface area (Å²) < 4.78 is 5.72. The Hall–Kier alpha value is -2.21. The van der Waals surface area contributed by atoms with Crippen LogP contribution in [0.1, 0.15) is 11.5 Å². The third-order valence-electron chi connectivity index (χ3n) is 2.99. The largest absolute Gasteiger partial charge is 0.463 e. The molecule has 0 saturated heterocycles. The average molecular weight is 300 g/mol. The first-order chi connectivity index (χ1) is 10.3. The zero-order valence-corrected chi connectivity index (χ0v) is 12.5. The van der Waals surface area contributed by atoms with E-state index in [1.807, 2.05) is 36.4 Å². The van der Waals surface area contributed by atoms with Crippen LogP contribution in [-0.2, 0) is 12.3 Å². The normalized spacial score (nSPS) is 10.7. The van der Waals surface area contributed by atoms with E-state index < -0.39 is 0 Å². The number of thioether (sulfide) groups is 1. The number of nitrogens with zero attached hydrogens (tertiary/aromatic N) is 3. The Morgan fingerprint density at radius 3 is 2.48 bits per heavy atom. The molecule has 2 heterocycles. The summed E-state index contributed by atoms with van der Waals surface area (Å²) in [5.41, 5.74) is 1.97. The van der Waals surface area contributed by atoms with E-state index in [0.29, 0.717) is 6.54 Å². The Kier molecular flexibility index (Phi) is 4.25. The molecule has 0 aliphatic rings. The SMILES string of the molecule is CSCc1ccc(CNc2ccc(-n3nccn3)cc2)o1. The molecule has 0 fully saturated rings. The standard InChI is InChI=1S/C15H16N4OS/c1-21-11-15-7-6-14(20-15)10-16-12-2-4-13(5-3-12)19-17-8-9-18-19/h2-9,16H,10-11H2,1H3. The van der Waals surface area contributed by atoms with E-state index in [1.54, 1.807) is 29.0 Å². The molecule has 21 heavy (non-hydrogen) atoms. The smallest absolute Gasteiger partial charge is 0.123 e. The molecular weight excluding hydrogens is 284 g/mol. The predicted octanol–water partition coefficient (Wildman–Crippen LogP) is 3.34. The highest BCUT2D eigenvalue weighted by Gasteiger charge is 2.02. The van der Waals surface area contributed by atoms with Gasteiger partial charge in [-0.25, -0.2) is 0 Å². The van der Waals surface area contributed by atoms with E-state index in [0.717, 1.165) is 28.6 Å². The number of hydrogen-bond acceptors (Lipinski definition) is 5. The second-order valence-corrected chi connectivity index (χ2v) is 5.39. The summed E-state index contributed by atoms with van der Waals surface area (Å²) >= 11 is 1.75. The lowest BCUT2D eigenvalue weighted by Gasteiger charge is -2.05. The van der Waals surface area contributed by atoms with Crippen molar-refractivity contribution >= 4 is 17.4 Å². The van der Waals surface area contributed by atoms with Crippen LogP contribution >= 0.6 is 11.8 Å². The van der Waals surface area contributed by atoms with Crippen molar-refractivity contribution in [3.63, 3.8) is 0 Å².